The molecule has 0 radical (unpaired) electrons. The van der Waals surface area contributed by atoms with Crippen LogP contribution in [0.5, 0.6) is 0 Å². The standard InChI is InChI=1S/C23H17ClF6N8O/c1-21(9-3-5-10(25)6-4-9)13-16(31)34-18(35-17(13)36-20(21)39)14-12-15(24)37-38(2)19(12)33-11(32-14)7-8-22(26,27)23(28,29)30/h3-6H,7-8H2,1-2H3,(H3,31,34,35,36,39). The van der Waals surface area contributed by atoms with Gasteiger partial charge in [-0.3, -0.25) is 4.79 Å². The molecule has 5 rings (SSSR count). The quantitative estimate of drug-likeness (QED) is 0.336. The van der Waals surface area contributed by atoms with Crippen molar-refractivity contribution in [3.8, 4) is 11.5 Å². The second-order valence-electron chi connectivity index (χ2n) is 9.05. The molecule has 1 aliphatic rings. The molecule has 1 amide bonds. The van der Waals surface area contributed by atoms with E-state index in [-0.39, 0.29) is 50.7 Å². The predicted octanol–water partition coefficient (Wildman–Crippen LogP) is 4.58. The summed E-state index contributed by atoms with van der Waals surface area (Å²) in [6.07, 6.45) is -8.20. The van der Waals surface area contributed by atoms with E-state index in [1.54, 1.807) is 6.92 Å². The van der Waals surface area contributed by atoms with Gasteiger partial charge in [-0.2, -0.15) is 27.1 Å². The van der Waals surface area contributed by atoms with Gasteiger partial charge in [0.15, 0.2) is 16.6 Å². The molecule has 0 fully saturated rings. The van der Waals surface area contributed by atoms with E-state index in [2.05, 4.69) is 30.4 Å². The van der Waals surface area contributed by atoms with Crippen LogP contribution in [0.2, 0.25) is 5.15 Å². The number of amides is 1. The van der Waals surface area contributed by atoms with E-state index in [0.29, 0.717) is 5.56 Å². The van der Waals surface area contributed by atoms with Gasteiger partial charge in [-0.15, -0.1) is 0 Å². The summed E-state index contributed by atoms with van der Waals surface area (Å²) in [5.74, 6) is -6.73. The molecule has 1 aliphatic heterocycles. The summed E-state index contributed by atoms with van der Waals surface area (Å²) < 4.78 is 80.0. The van der Waals surface area contributed by atoms with Crippen LogP contribution in [0, 0.1) is 5.82 Å². The molecule has 0 aliphatic carbocycles. The van der Waals surface area contributed by atoms with Crippen molar-refractivity contribution in [2.24, 2.45) is 7.05 Å². The molecule has 3 aromatic heterocycles. The Kier molecular flexibility index (Phi) is 5.97. The van der Waals surface area contributed by atoms with Crippen LogP contribution in [0.25, 0.3) is 22.6 Å². The number of rotatable bonds is 5. The van der Waals surface area contributed by atoms with Crippen LogP contribution in [0.1, 0.15) is 30.3 Å². The predicted molar refractivity (Wildman–Crippen MR) is 128 cm³/mol. The molecule has 3 N–H and O–H groups in total. The highest BCUT2D eigenvalue weighted by molar-refractivity contribution is 6.35. The van der Waals surface area contributed by atoms with Crippen molar-refractivity contribution in [3.05, 3.63) is 52.2 Å². The van der Waals surface area contributed by atoms with Gasteiger partial charge < -0.3 is 11.1 Å². The first-order valence-corrected chi connectivity index (χ1v) is 11.6. The number of alkyl halides is 5. The minimum atomic E-state index is -5.75. The maximum atomic E-state index is 13.6. The first kappa shape index (κ1) is 26.6. The molecule has 39 heavy (non-hydrogen) atoms. The van der Waals surface area contributed by atoms with Crippen molar-refractivity contribution in [3.63, 3.8) is 0 Å². The monoisotopic (exact) mass is 570 g/mol. The van der Waals surface area contributed by atoms with E-state index in [4.69, 9.17) is 17.3 Å². The SMILES string of the molecule is Cn1nc(Cl)c2c(-c3nc(N)c4c(n3)NC(=O)C4(C)c3ccc(F)cc3)nc(CCC(F)(F)C(F)(F)F)nc21. The van der Waals surface area contributed by atoms with Crippen LogP contribution in [0.3, 0.4) is 0 Å². The van der Waals surface area contributed by atoms with Gasteiger partial charge >= 0.3 is 12.1 Å². The number of hydrogen-bond donors (Lipinski definition) is 2. The largest absolute Gasteiger partial charge is 0.453 e. The molecule has 16 heteroatoms. The van der Waals surface area contributed by atoms with E-state index in [0.717, 1.165) is 0 Å². The number of halogens is 7. The zero-order valence-corrected chi connectivity index (χ0v) is 20.8. The molecule has 9 nitrogen and oxygen atoms in total. The van der Waals surface area contributed by atoms with Crippen molar-refractivity contribution in [1.82, 2.24) is 29.7 Å². The summed E-state index contributed by atoms with van der Waals surface area (Å²) in [5, 5.41) is 6.60. The number of aryl methyl sites for hydroxylation is 2. The molecule has 1 atom stereocenters. The number of fused-ring (bicyclic) bond motifs is 2. The third-order valence-corrected chi connectivity index (χ3v) is 6.79. The van der Waals surface area contributed by atoms with Crippen LogP contribution in [0.15, 0.2) is 24.3 Å². The number of nitrogen functional groups attached to an aromatic ring is 1. The highest BCUT2D eigenvalue weighted by atomic mass is 35.5. The number of hydrogen-bond acceptors (Lipinski definition) is 7. The second kappa shape index (κ2) is 8.76. The zero-order chi connectivity index (χ0) is 28.5. The summed E-state index contributed by atoms with van der Waals surface area (Å²) in [5.41, 5.74) is 5.39. The normalized spacial score (nSPS) is 17.5. The smallest absolute Gasteiger partial charge is 0.383 e. The van der Waals surface area contributed by atoms with Crippen LogP contribution in [-0.2, 0) is 23.7 Å². The van der Waals surface area contributed by atoms with Crippen LogP contribution >= 0.6 is 11.6 Å². The fourth-order valence-electron chi connectivity index (χ4n) is 4.40. The number of nitrogens with two attached hydrogens (primary N) is 1. The Bertz CT molecular complexity index is 1640. The Morgan fingerprint density at radius 3 is 2.38 bits per heavy atom. The first-order chi connectivity index (χ1) is 18.1. The molecular weight excluding hydrogens is 554 g/mol. The number of benzene rings is 1. The van der Waals surface area contributed by atoms with Gasteiger partial charge in [0, 0.05) is 19.9 Å². The van der Waals surface area contributed by atoms with Gasteiger partial charge in [-0.25, -0.2) is 29.0 Å². The number of nitrogens with one attached hydrogen (secondary N) is 1. The van der Waals surface area contributed by atoms with Gasteiger partial charge in [-0.1, -0.05) is 23.7 Å². The van der Waals surface area contributed by atoms with Crippen molar-refractivity contribution >= 4 is 40.2 Å². The molecular formula is C23H17ClF6N8O. The minimum absolute atomic E-state index is 0.00579. The first-order valence-electron chi connectivity index (χ1n) is 11.2. The number of carbonyl (C=O) groups excluding carboxylic acids is 1. The van der Waals surface area contributed by atoms with E-state index < -0.39 is 42.1 Å². The van der Waals surface area contributed by atoms with Crippen molar-refractivity contribution in [2.45, 2.75) is 37.3 Å². The highest BCUT2D eigenvalue weighted by Crippen LogP contribution is 2.45. The van der Waals surface area contributed by atoms with Gasteiger partial charge in [-0.05, 0) is 24.6 Å². The molecule has 1 unspecified atom stereocenters. The summed E-state index contributed by atoms with van der Waals surface area (Å²) in [4.78, 5) is 29.9. The summed E-state index contributed by atoms with van der Waals surface area (Å²) >= 11 is 6.25. The molecule has 0 bridgehead atoms. The lowest BCUT2D eigenvalue weighted by Gasteiger charge is -2.23. The van der Waals surface area contributed by atoms with E-state index in [1.807, 2.05) is 0 Å². The lowest BCUT2D eigenvalue weighted by Crippen LogP contribution is -2.36. The fourth-order valence-corrected chi connectivity index (χ4v) is 4.69. The van der Waals surface area contributed by atoms with Crippen LogP contribution in [-0.4, -0.2) is 47.7 Å². The van der Waals surface area contributed by atoms with Crippen LogP contribution < -0.4 is 11.1 Å². The summed E-state index contributed by atoms with van der Waals surface area (Å²) in [6.45, 7) is 1.56. The molecule has 204 valence electrons. The number of nitrogens with zero attached hydrogens (tertiary/aromatic N) is 6. The average Bonchev–Trinajstić information content (AvgIpc) is 3.29. The van der Waals surface area contributed by atoms with Crippen molar-refractivity contribution < 1.29 is 31.1 Å². The molecule has 4 aromatic rings. The highest BCUT2D eigenvalue weighted by Gasteiger charge is 2.56. The number of carbonyl (C=O) groups is 1. The number of aromatic nitrogens is 6. The Morgan fingerprint density at radius 2 is 1.74 bits per heavy atom. The topological polar surface area (TPSA) is 124 Å². The van der Waals surface area contributed by atoms with E-state index in [1.165, 1.54) is 36.0 Å². The molecule has 0 spiro atoms. The van der Waals surface area contributed by atoms with Crippen molar-refractivity contribution in [1.29, 1.82) is 0 Å². The minimum Gasteiger partial charge on any atom is -0.383 e. The molecule has 1 aromatic carbocycles. The third kappa shape index (κ3) is 4.20. The molecule has 0 saturated carbocycles. The fraction of sp³-hybridized carbons (Fsp3) is 0.304. The number of anilines is 2. The zero-order valence-electron chi connectivity index (χ0n) is 20.0. The third-order valence-electron chi connectivity index (χ3n) is 6.52. The van der Waals surface area contributed by atoms with Gasteiger partial charge in [0.25, 0.3) is 0 Å². The molecule has 4 heterocycles. The second-order valence-corrected chi connectivity index (χ2v) is 9.40. The lowest BCUT2D eigenvalue weighted by atomic mass is 9.78. The van der Waals surface area contributed by atoms with Gasteiger partial charge in [0.05, 0.1) is 10.9 Å². The van der Waals surface area contributed by atoms with E-state index in [9.17, 15) is 31.1 Å². The lowest BCUT2D eigenvalue weighted by molar-refractivity contribution is -0.284. The van der Waals surface area contributed by atoms with Gasteiger partial charge in [0.1, 0.15) is 34.4 Å². The summed E-state index contributed by atoms with van der Waals surface area (Å²) in [7, 11) is 1.44. The maximum absolute atomic E-state index is 13.6. The maximum Gasteiger partial charge on any atom is 0.453 e. The Balaban J connectivity index is 1.64. The summed E-state index contributed by atoms with van der Waals surface area (Å²) in [6, 6.07) is 5.21. The van der Waals surface area contributed by atoms with Crippen LogP contribution in [0.4, 0.5) is 38.0 Å². The Hall–Kier alpha value is -4.01. The van der Waals surface area contributed by atoms with Gasteiger partial charge in [0.2, 0.25) is 5.91 Å². The Morgan fingerprint density at radius 1 is 1.08 bits per heavy atom. The Labute approximate surface area is 220 Å². The van der Waals surface area contributed by atoms with E-state index >= 15 is 0 Å². The average molecular weight is 571 g/mol. The molecule has 0 saturated heterocycles. The van der Waals surface area contributed by atoms with Crippen molar-refractivity contribution in [2.75, 3.05) is 11.1 Å².